The largest absolute Gasteiger partial charge is 0.335 e. The summed E-state index contributed by atoms with van der Waals surface area (Å²) in [6, 6.07) is 4.03. The quantitative estimate of drug-likeness (QED) is 0.830. The van der Waals surface area contributed by atoms with Crippen LogP contribution in [0, 0.1) is 23.6 Å². The molecule has 0 N–H and O–H groups in total. The smallest absolute Gasteiger partial charge is 0.223 e. The van der Waals surface area contributed by atoms with E-state index in [-0.39, 0.29) is 5.82 Å². The highest BCUT2D eigenvalue weighted by molar-refractivity contribution is 5.77. The molecule has 0 aromatic carbocycles. The number of fused-ring (bicyclic) bond motifs is 3. The summed E-state index contributed by atoms with van der Waals surface area (Å²) >= 11 is 0. The van der Waals surface area contributed by atoms with E-state index in [1.807, 2.05) is 0 Å². The second-order valence-corrected chi connectivity index (χ2v) is 8.88. The molecule has 2 aliphatic heterocycles. The van der Waals surface area contributed by atoms with E-state index in [9.17, 15) is 9.18 Å². The summed E-state index contributed by atoms with van der Waals surface area (Å²) < 4.78 is 13.1. The molecule has 4 nitrogen and oxygen atoms in total. The highest BCUT2D eigenvalue weighted by atomic mass is 19.1. The van der Waals surface area contributed by atoms with Crippen molar-refractivity contribution in [2.24, 2.45) is 17.8 Å². The van der Waals surface area contributed by atoms with Gasteiger partial charge >= 0.3 is 0 Å². The number of pyridine rings is 1. The Morgan fingerprint density at radius 3 is 2.77 bits per heavy atom. The first kappa shape index (κ1) is 16.7. The zero-order valence-electron chi connectivity index (χ0n) is 15.3. The lowest BCUT2D eigenvalue weighted by Crippen LogP contribution is -2.43. The highest BCUT2D eigenvalue weighted by Gasteiger charge is 2.49. The fourth-order valence-electron chi connectivity index (χ4n) is 5.83. The molecule has 26 heavy (non-hydrogen) atoms. The zero-order chi connectivity index (χ0) is 17.7. The molecule has 5 heteroatoms. The fourth-order valence-corrected chi connectivity index (χ4v) is 5.83. The van der Waals surface area contributed by atoms with E-state index in [0.29, 0.717) is 23.9 Å². The lowest BCUT2D eigenvalue weighted by Gasteiger charge is -2.30. The minimum absolute atomic E-state index is 0.287. The normalized spacial score (nSPS) is 36.0. The second-order valence-electron chi connectivity index (χ2n) is 8.88. The van der Waals surface area contributed by atoms with Crippen LogP contribution in [0.3, 0.4) is 0 Å². The molecular formula is C21H28FN3O. The SMILES string of the molecule is O=C(CC1CCC2CC12)N1C2CCC1CN(Cc1ccc(F)cn1)CC2. The van der Waals surface area contributed by atoms with E-state index < -0.39 is 0 Å². The van der Waals surface area contributed by atoms with Gasteiger partial charge in [-0.15, -0.1) is 0 Å². The average Bonchev–Trinajstić information content (AvgIpc) is 3.19. The lowest BCUT2D eigenvalue weighted by molar-refractivity contribution is -0.135. The van der Waals surface area contributed by atoms with Crippen molar-refractivity contribution in [2.75, 3.05) is 13.1 Å². The van der Waals surface area contributed by atoms with E-state index >= 15 is 0 Å². The topological polar surface area (TPSA) is 36.4 Å². The van der Waals surface area contributed by atoms with Crippen LogP contribution in [0.5, 0.6) is 0 Å². The molecule has 5 atom stereocenters. The molecule has 2 saturated heterocycles. The van der Waals surface area contributed by atoms with Crippen LogP contribution in [-0.4, -0.2) is 45.9 Å². The molecule has 1 amide bonds. The standard InChI is InChI=1S/C21H28FN3O/c22-16-3-4-17(23-11-16)12-24-8-7-18-5-6-19(13-24)25(18)21(26)10-15-2-1-14-9-20(14)15/h3-4,11,14-15,18-20H,1-2,5-10,12-13H2. The van der Waals surface area contributed by atoms with Crippen molar-refractivity contribution >= 4 is 5.91 Å². The summed E-state index contributed by atoms with van der Waals surface area (Å²) in [5.74, 6) is 2.61. The molecule has 0 spiro atoms. The van der Waals surface area contributed by atoms with Crippen molar-refractivity contribution in [3.63, 3.8) is 0 Å². The molecule has 1 aromatic rings. The van der Waals surface area contributed by atoms with Crippen LogP contribution in [0.4, 0.5) is 4.39 Å². The number of carbonyl (C=O) groups excluding carboxylic acids is 1. The summed E-state index contributed by atoms with van der Waals surface area (Å²) in [6.07, 6.45) is 9.43. The molecule has 2 aliphatic carbocycles. The molecule has 1 aromatic heterocycles. The third-order valence-corrected chi connectivity index (χ3v) is 7.26. The maximum atomic E-state index is 13.1. The summed E-state index contributed by atoms with van der Waals surface area (Å²) in [6.45, 7) is 2.67. The van der Waals surface area contributed by atoms with E-state index in [2.05, 4.69) is 14.8 Å². The number of likely N-dealkylation sites (tertiary alicyclic amines) is 1. The Morgan fingerprint density at radius 2 is 2.04 bits per heavy atom. The van der Waals surface area contributed by atoms with Gasteiger partial charge in [-0.05, 0) is 68.4 Å². The Labute approximate surface area is 154 Å². The molecule has 5 unspecified atom stereocenters. The van der Waals surface area contributed by atoms with Crippen molar-refractivity contribution in [1.29, 1.82) is 0 Å². The van der Waals surface area contributed by atoms with Gasteiger partial charge < -0.3 is 4.90 Å². The van der Waals surface area contributed by atoms with Gasteiger partial charge in [0, 0.05) is 38.1 Å². The van der Waals surface area contributed by atoms with Gasteiger partial charge in [0.25, 0.3) is 0 Å². The Balaban J connectivity index is 1.23. The number of hydrogen-bond donors (Lipinski definition) is 0. The summed E-state index contributed by atoms with van der Waals surface area (Å²) in [7, 11) is 0. The molecule has 140 valence electrons. The van der Waals surface area contributed by atoms with Crippen LogP contribution in [-0.2, 0) is 11.3 Å². The molecule has 4 fully saturated rings. The van der Waals surface area contributed by atoms with Crippen LogP contribution < -0.4 is 0 Å². The Morgan fingerprint density at radius 1 is 1.15 bits per heavy atom. The maximum Gasteiger partial charge on any atom is 0.223 e. The zero-order valence-corrected chi connectivity index (χ0v) is 15.3. The van der Waals surface area contributed by atoms with E-state index in [4.69, 9.17) is 0 Å². The van der Waals surface area contributed by atoms with Gasteiger partial charge in [0.15, 0.2) is 0 Å². The van der Waals surface area contributed by atoms with E-state index in [0.717, 1.165) is 62.8 Å². The van der Waals surface area contributed by atoms with Gasteiger partial charge in [0.05, 0.1) is 11.9 Å². The average molecular weight is 357 g/mol. The predicted molar refractivity (Wildman–Crippen MR) is 96.7 cm³/mol. The monoisotopic (exact) mass is 357 g/mol. The number of hydrogen-bond acceptors (Lipinski definition) is 3. The molecule has 4 aliphatic rings. The number of amides is 1. The first-order chi connectivity index (χ1) is 12.7. The number of carbonyl (C=O) groups is 1. The second kappa shape index (κ2) is 6.59. The molecule has 2 bridgehead atoms. The van der Waals surface area contributed by atoms with Gasteiger partial charge in [0.2, 0.25) is 5.91 Å². The van der Waals surface area contributed by atoms with E-state index in [1.165, 1.54) is 31.5 Å². The molecule has 0 radical (unpaired) electrons. The summed E-state index contributed by atoms with van der Waals surface area (Å²) in [5.41, 5.74) is 0.910. The molecule has 3 heterocycles. The number of nitrogens with zero attached hydrogens (tertiary/aromatic N) is 3. The first-order valence-corrected chi connectivity index (χ1v) is 10.3. The first-order valence-electron chi connectivity index (χ1n) is 10.3. The van der Waals surface area contributed by atoms with E-state index in [1.54, 1.807) is 6.07 Å². The van der Waals surface area contributed by atoms with Crippen LogP contribution in [0.15, 0.2) is 18.3 Å². The number of rotatable bonds is 4. The number of halogens is 1. The van der Waals surface area contributed by atoms with Crippen LogP contribution in [0.2, 0.25) is 0 Å². The van der Waals surface area contributed by atoms with Gasteiger partial charge in [0.1, 0.15) is 5.82 Å². The van der Waals surface area contributed by atoms with Crippen LogP contribution in [0.25, 0.3) is 0 Å². The van der Waals surface area contributed by atoms with Crippen molar-refractivity contribution in [3.05, 3.63) is 29.8 Å². The van der Waals surface area contributed by atoms with Crippen molar-refractivity contribution < 1.29 is 9.18 Å². The number of aromatic nitrogens is 1. The third kappa shape index (κ3) is 3.15. The van der Waals surface area contributed by atoms with Crippen molar-refractivity contribution in [1.82, 2.24) is 14.8 Å². The van der Waals surface area contributed by atoms with Crippen LogP contribution in [0.1, 0.15) is 50.6 Å². The van der Waals surface area contributed by atoms with Gasteiger partial charge in [-0.3, -0.25) is 14.7 Å². The van der Waals surface area contributed by atoms with Crippen LogP contribution >= 0.6 is 0 Å². The maximum absolute atomic E-state index is 13.1. The Hall–Kier alpha value is -1.49. The van der Waals surface area contributed by atoms with Gasteiger partial charge in [-0.1, -0.05) is 0 Å². The Bertz CT molecular complexity index is 678. The molecular weight excluding hydrogens is 329 g/mol. The Kier molecular flexibility index (Phi) is 4.23. The van der Waals surface area contributed by atoms with Crippen molar-refractivity contribution in [3.8, 4) is 0 Å². The highest BCUT2D eigenvalue weighted by Crippen LogP contribution is 2.56. The summed E-state index contributed by atoms with van der Waals surface area (Å²) in [4.78, 5) is 21.9. The lowest BCUT2D eigenvalue weighted by atomic mass is 9.98. The minimum Gasteiger partial charge on any atom is -0.335 e. The third-order valence-electron chi connectivity index (χ3n) is 7.26. The van der Waals surface area contributed by atoms with Crippen molar-refractivity contribution in [2.45, 2.75) is 63.6 Å². The predicted octanol–water partition coefficient (Wildman–Crippen LogP) is 3.22. The minimum atomic E-state index is -0.287. The summed E-state index contributed by atoms with van der Waals surface area (Å²) in [5, 5.41) is 0. The van der Waals surface area contributed by atoms with Gasteiger partial charge in [-0.2, -0.15) is 0 Å². The molecule has 5 rings (SSSR count). The fraction of sp³-hybridized carbons (Fsp3) is 0.714. The van der Waals surface area contributed by atoms with Gasteiger partial charge in [-0.25, -0.2) is 4.39 Å². The molecule has 2 saturated carbocycles.